The van der Waals surface area contributed by atoms with Crippen molar-refractivity contribution in [1.82, 2.24) is 20.4 Å². The van der Waals surface area contributed by atoms with Crippen LogP contribution in [0.3, 0.4) is 0 Å². The number of benzene rings is 1. The van der Waals surface area contributed by atoms with E-state index in [-0.39, 0.29) is 29.2 Å². The Balaban J connectivity index is 1.25. The highest BCUT2D eigenvalue weighted by Crippen LogP contribution is 2.22. The van der Waals surface area contributed by atoms with Crippen LogP contribution in [0.25, 0.3) is 11.3 Å². The monoisotopic (exact) mass is 422 g/mol. The molecule has 1 aliphatic rings. The number of nitrogens with zero attached hydrogens (tertiary/aromatic N) is 3. The standard InChI is InChI=1S/C23H23FN4O3/c24-19-6-2-1-4-16(19)7-11-26-22(29)17-8-12-28(13-9-17)23(30)20-14-21(31-27-20)18-5-3-10-25-15-18/h1-6,10,14-15,17H,7-9,11-13H2,(H,26,29). The summed E-state index contributed by atoms with van der Waals surface area (Å²) < 4.78 is 18.9. The van der Waals surface area contributed by atoms with Gasteiger partial charge in [-0.1, -0.05) is 23.4 Å². The Kier molecular flexibility index (Phi) is 6.35. The van der Waals surface area contributed by atoms with Crippen LogP contribution in [0.1, 0.15) is 28.9 Å². The predicted molar refractivity (Wildman–Crippen MR) is 111 cm³/mol. The van der Waals surface area contributed by atoms with Crippen LogP contribution in [0.5, 0.6) is 0 Å². The quantitative estimate of drug-likeness (QED) is 0.660. The van der Waals surface area contributed by atoms with Gasteiger partial charge in [0.2, 0.25) is 5.91 Å². The van der Waals surface area contributed by atoms with Crippen LogP contribution in [0.15, 0.2) is 59.4 Å². The fraction of sp³-hybridized carbons (Fsp3) is 0.304. The molecular weight excluding hydrogens is 399 g/mol. The molecule has 1 aromatic carbocycles. The van der Waals surface area contributed by atoms with Gasteiger partial charge in [-0.05, 0) is 43.0 Å². The molecule has 7 nitrogen and oxygen atoms in total. The lowest BCUT2D eigenvalue weighted by molar-refractivity contribution is -0.126. The molecule has 4 rings (SSSR count). The molecule has 8 heteroatoms. The maximum atomic E-state index is 13.7. The summed E-state index contributed by atoms with van der Waals surface area (Å²) in [6.07, 6.45) is 4.90. The lowest BCUT2D eigenvalue weighted by atomic mass is 9.95. The van der Waals surface area contributed by atoms with Crippen LogP contribution in [0.2, 0.25) is 0 Å². The van der Waals surface area contributed by atoms with Crippen molar-refractivity contribution in [2.75, 3.05) is 19.6 Å². The normalized spacial score (nSPS) is 14.4. The minimum Gasteiger partial charge on any atom is -0.356 e. The summed E-state index contributed by atoms with van der Waals surface area (Å²) in [4.78, 5) is 30.9. The van der Waals surface area contributed by atoms with Crippen LogP contribution in [-0.2, 0) is 11.2 Å². The number of halogens is 1. The number of amides is 2. The molecule has 0 spiro atoms. The van der Waals surface area contributed by atoms with Crippen molar-refractivity contribution < 1.29 is 18.5 Å². The van der Waals surface area contributed by atoms with E-state index >= 15 is 0 Å². The maximum absolute atomic E-state index is 13.7. The van der Waals surface area contributed by atoms with E-state index in [1.807, 2.05) is 6.07 Å². The Bertz CT molecular complexity index is 1050. The highest BCUT2D eigenvalue weighted by atomic mass is 19.1. The van der Waals surface area contributed by atoms with Gasteiger partial charge in [0.25, 0.3) is 5.91 Å². The van der Waals surface area contributed by atoms with E-state index in [2.05, 4.69) is 15.5 Å². The van der Waals surface area contributed by atoms with Crippen LogP contribution >= 0.6 is 0 Å². The van der Waals surface area contributed by atoms with Gasteiger partial charge in [0.1, 0.15) is 5.82 Å². The minimum absolute atomic E-state index is 0.0521. The molecule has 0 bridgehead atoms. The molecular formula is C23H23FN4O3. The van der Waals surface area contributed by atoms with Gasteiger partial charge in [-0.25, -0.2) is 4.39 Å². The Hall–Kier alpha value is -3.55. The third kappa shape index (κ3) is 4.96. The summed E-state index contributed by atoms with van der Waals surface area (Å²) in [6, 6.07) is 11.8. The summed E-state index contributed by atoms with van der Waals surface area (Å²) in [5, 5.41) is 6.78. The van der Waals surface area contributed by atoms with Crippen molar-refractivity contribution in [2.24, 2.45) is 5.92 Å². The molecule has 2 aromatic heterocycles. The number of hydrogen-bond donors (Lipinski definition) is 1. The zero-order valence-corrected chi connectivity index (χ0v) is 17.0. The molecule has 0 atom stereocenters. The first-order valence-corrected chi connectivity index (χ1v) is 10.3. The Morgan fingerprint density at radius 3 is 2.71 bits per heavy atom. The van der Waals surface area contributed by atoms with Crippen LogP contribution in [0, 0.1) is 11.7 Å². The van der Waals surface area contributed by atoms with Gasteiger partial charge in [0, 0.05) is 49.6 Å². The fourth-order valence-electron chi connectivity index (χ4n) is 3.69. The van der Waals surface area contributed by atoms with Gasteiger partial charge >= 0.3 is 0 Å². The first-order valence-electron chi connectivity index (χ1n) is 10.3. The number of piperidine rings is 1. The number of hydrogen-bond acceptors (Lipinski definition) is 5. The second-order valence-electron chi connectivity index (χ2n) is 7.52. The molecule has 1 aliphatic heterocycles. The minimum atomic E-state index is -0.261. The van der Waals surface area contributed by atoms with E-state index in [0.717, 1.165) is 5.56 Å². The van der Waals surface area contributed by atoms with Gasteiger partial charge in [0.15, 0.2) is 11.5 Å². The lowest BCUT2D eigenvalue weighted by Gasteiger charge is -2.30. The van der Waals surface area contributed by atoms with E-state index in [0.29, 0.717) is 50.2 Å². The first-order chi connectivity index (χ1) is 15.1. The van der Waals surface area contributed by atoms with Gasteiger partial charge in [-0.3, -0.25) is 14.6 Å². The van der Waals surface area contributed by atoms with Gasteiger partial charge in [-0.2, -0.15) is 0 Å². The number of likely N-dealkylation sites (tertiary alicyclic amines) is 1. The molecule has 2 amide bonds. The van der Waals surface area contributed by atoms with Crippen molar-refractivity contribution in [3.8, 4) is 11.3 Å². The topological polar surface area (TPSA) is 88.3 Å². The third-order valence-electron chi connectivity index (χ3n) is 5.48. The molecule has 0 aliphatic carbocycles. The van der Waals surface area contributed by atoms with E-state index < -0.39 is 0 Å². The van der Waals surface area contributed by atoms with Gasteiger partial charge < -0.3 is 14.7 Å². The van der Waals surface area contributed by atoms with Crippen molar-refractivity contribution >= 4 is 11.8 Å². The van der Waals surface area contributed by atoms with Crippen molar-refractivity contribution in [3.05, 3.63) is 71.9 Å². The SMILES string of the molecule is O=C(NCCc1ccccc1F)C1CCN(C(=O)c2cc(-c3cccnc3)on2)CC1. The smallest absolute Gasteiger partial charge is 0.276 e. The Labute approximate surface area is 179 Å². The average molecular weight is 422 g/mol. The number of carbonyl (C=O) groups excluding carboxylic acids is 2. The molecule has 3 aromatic rings. The zero-order valence-electron chi connectivity index (χ0n) is 17.0. The van der Waals surface area contributed by atoms with Crippen LogP contribution in [0.4, 0.5) is 4.39 Å². The molecule has 160 valence electrons. The number of rotatable bonds is 6. The summed E-state index contributed by atoms with van der Waals surface area (Å²) in [5.41, 5.74) is 1.58. The Morgan fingerprint density at radius 2 is 1.97 bits per heavy atom. The van der Waals surface area contributed by atoms with E-state index in [1.54, 1.807) is 47.6 Å². The summed E-state index contributed by atoms with van der Waals surface area (Å²) in [5.74, 6) is -0.197. The second kappa shape index (κ2) is 9.51. The molecule has 0 unspecified atom stereocenters. The molecule has 1 fully saturated rings. The predicted octanol–water partition coefficient (Wildman–Crippen LogP) is 3.09. The van der Waals surface area contributed by atoms with Crippen molar-refractivity contribution in [2.45, 2.75) is 19.3 Å². The Morgan fingerprint density at radius 1 is 1.16 bits per heavy atom. The van der Waals surface area contributed by atoms with Crippen LogP contribution in [-0.4, -0.2) is 46.5 Å². The average Bonchev–Trinajstić information content (AvgIpc) is 3.31. The van der Waals surface area contributed by atoms with Gasteiger partial charge in [-0.15, -0.1) is 0 Å². The first kappa shape index (κ1) is 20.7. The number of aromatic nitrogens is 2. The number of carbonyl (C=O) groups is 2. The van der Waals surface area contributed by atoms with E-state index in [9.17, 15) is 14.0 Å². The van der Waals surface area contributed by atoms with E-state index in [4.69, 9.17) is 4.52 Å². The van der Waals surface area contributed by atoms with Gasteiger partial charge in [0.05, 0.1) is 0 Å². The molecule has 3 heterocycles. The van der Waals surface area contributed by atoms with E-state index in [1.165, 1.54) is 6.07 Å². The lowest BCUT2D eigenvalue weighted by Crippen LogP contribution is -2.43. The second-order valence-corrected chi connectivity index (χ2v) is 7.52. The molecule has 0 saturated carbocycles. The fourth-order valence-corrected chi connectivity index (χ4v) is 3.69. The summed E-state index contributed by atoms with van der Waals surface area (Å²) in [7, 11) is 0. The molecule has 1 N–H and O–H groups in total. The highest BCUT2D eigenvalue weighted by molar-refractivity contribution is 5.93. The number of pyridine rings is 1. The zero-order chi connectivity index (χ0) is 21.6. The summed E-state index contributed by atoms with van der Waals surface area (Å²) >= 11 is 0. The molecule has 31 heavy (non-hydrogen) atoms. The highest BCUT2D eigenvalue weighted by Gasteiger charge is 2.29. The summed E-state index contributed by atoms with van der Waals surface area (Å²) in [6.45, 7) is 1.33. The molecule has 0 radical (unpaired) electrons. The maximum Gasteiger partial charge on any atom is 0.276 e. The van der Waals surface area contributed by atoms with Crippen molar-refractivity contribution in [3.63, 3.8) is 0 Å². The van der Waals surface area contributed by atoms with Crippen LogP contribution < -0.4 is 5.32 Å². The molecule has 1 saturated heterocycles. The van der Waals surface area contributed by atoms with Crippen molar-refractivity contribution in [1.29, 1.82) is 0 Å². The largest absolute Gasteiger partial charge is 0.356 e. The third-order valence-corrected chi connectivity index (χ3v) is 5.48. The number of nitrogens with one attached hydrogen (secondary N) is 1.